The van der Waals surface area contributed by atoms with Crippen LogP contribution in [0, 0.1) is 0 Å². The van der Waals surface area contributed by atoms with Crippen LogP contribution in [0.5, 0.6) is 5.75 Å². The van der Waals surface area contributed by atoms with Gasteiger partial charge in [0.25, 0.3) is 0 Å². The van der Waals surface area contributed by atoms with Crippen LogP contribution < -0.4 is 4.74 Å². The Morgan fingerprint density at radius 1 is 1.18 bits per heavy atom. The van der Waals surface area contributed by atoms with Crippen LogP contribution in [-0.4, -0.2) is 13.4 Å². The van der Waals surface area contributed by atoms with Crippen molar-refractivity contribution < 1.29 is 9.53 Å². The third-order valence-corrected chi connectivity index (χ3v) is 2.67. The van der Waals surface area contributed by atoms with E-state index in [1.807, 2.05) is 36.4 Å². The van der Waals surface area contributed by atoms with Gasteiger partial charge in [0.05, 0.1) is 7.11 Å². The number of aldehydes is 1. The molecule has 0 saturated heterocycles. The molecule has 0 aliphatic rings. The number of hydrogen-bond acceptors (Lipinski definition) is 2. The highest BCUT2D eigenvalue weighted by atomic mass is 16.5. The average Bonchev–Trinajstić information content (AvgIpc) is 2.39. The second kappa shape index (κ2) is 5.30. The number of carbonyl (C=O) groups excluding carboxylic acids is 1. The Balaban J connectivity index is 2.58. The zero-order chi connectivity index (χ0) is 12.1. The molecule has 17 heavy (non-hydrogen) atoms. The summed E-state index contributed by atoms with van der Waals surface area (Å²) in [7, 11) is 1.65. The Morgan fingerprint density at radius 3 is 2.76 bits per heavy atom. The van der Waals surface area contributed by atoms with Crippen LogP contribution in [-0.2, 0) is 4.79 Å². The summed E-state index contributed by atoms with van der Waals surface area (Å²) in [5.74, 6) is 0.825. The highest BCUT2D eigenvalue weighted by molar-refractivity contribution is 5.93. The second-order valence-corrected chi connectivity index (χ2v) is 3.71. The molecule has 2 aromatic rings. The molecule has 0 unspecified atom stereocenters. The SMILES string of the molecule is COc1ccc2ccccc2c1C=CCC=O. The average molecular weight is 226 g/mol. The summed E-state index contributed by atoms with van der Waals surface area (Å²) in [5, 5.41) is 2.30. The van der Waals surface area contributed by atoms with Gasteiger partial charge in [-0.3, -0.25) is 0 Å². The quantitative estimate of drug-likeness (QED) is 0.746. The van der Waals surface area contributed by atoms with Crippen molar-refractivity contribution in [3.05, 3.63) is 48.0 Å². The number of allylic oxidation sites excluding steroid dienone is 1. The number of ether oxygens (including phenoxy) is 1. The summed E-state index contributed by atoms with van der Waals surface area (Å²) < 4.78 is 5.34. The van der Waals surface area contributed by atoms with Gasteiger partial charge in [-0.2, -0.15) is 0 Å². The van der Waals surface area contributed by atoms with Gasteiger partial charge in [0.1, 0.15) is 12.0 Å². The molecule has 0 aromatic heterocycles. The lowest BCUT2D eigenvalue weighted by atomic mass is 10.0. The predicted octanol–water partition coefficient (Wildman–Crippen LogP) is 3.45. The minimum atomic E-state index is 0.423. The number of fused-ring (bicyclic) bond motifs is 1. The van der Waals surface area contributed by atoms with E-state index in [0.717, 1.165) is 23.0 Å². The molecule has 2 heteroatoms. The van der Waals surface area contributed by atoms with Crippen LogP contribution in [0.25, 0.3) is 16.8 Å². The number of methoxy groups -OCH3 is 1. The Morgan fingerprint density at radius 2 is 2.00 bits per heavy atom. The van der Waals surface area contributed by atoms with Gasteiger partial charge in [-0.25, -0.2) is 0 Å². The first-order chi connectivity index (χ1) is 8.36. The van der Waals surface area contributed by atoms with E-state index in [9.17, 15) is 4.79 Å². The summed E-state index contributed by atoms with van der Waals surface area (Å²) in [6.07, 6.45) is 5.09. The topological polar surface area (TPSA) is 26.3 Å². The molecule has 2 rings (SSSR count). The van der Waals surface area contributed by atoms with Crippen molar-refractivity contribution in [2.45, 2.75) is 6.42 Å². The van der Waals surface area contributed by atoms with Gasteiger partial charge in [-0.1, -0.05) is 42.5 Å². The molecule has 0 aliphatic carbocycles. The molecule has 86 valence electrons. The summed E-state index contributed by atoms with van der Waals surface area (Å²) in [6.45, 7) is 0. The van der Waals surface area contributed by atoms with Gasteiger partial charge in [-0.05, 0) is 16.8 Å². The molecule has 0 heterocycles. The lowest BCUT2D eigenvalue weighted by Gasteiger charge is -2.08. The molecule has 0 spiro atoms. The molecule has 0 radical (unpaired) electrons. The van der Waals surface area contributed by atoms with E-state index < -0.39 is 0 Å². The maximum atomic E-state index is 10.3. The van der Waals surface area contributed by atoms with Crippen molar-refractivity contribution in [3.8, 4) is 5.75 Å². The molecule has 0 amide bonds. The molecular weight excluding hydrogens is 212 g/mol. The molecule has 2 aromatic carbocycles. The van der Waals surface area contributed by atoms with E-state index in [2.05, 4.69) is 12.1 Å². The third kappa shape index (κ3) is 2.36. The van der Waals surface area contributed by atoms with Gasteiger partial charge in [0.15, 0.2) is 0 Å². The van der Waals surface area contributed by atoms with Crippen LogP contribution in [0.2, 0.25) is 0 Å². The molecule has 0 aliphatic heterocycles. The van der Waals surface area contributed by atoms with Crippen LogP contribution in [0.3, 0.4) is 0 Å². The van der Waals surface area contributed by atoms with E-state index in [1.54, 1.807) is 7.11 Å². The first-order valence-electron chi connectivity index (χ1n) is 5.52. The van der Waals surface area contributed by atoms with Gasteiger partial charge >= 0.3 is 0 Å². The van der Waals surface area contributed by atoms with Crippen molar-refractivity contribution in [1.82, 2.24) is 0 Å². The van der Waals surface area contributed by atoms with Crippen LogP contribution >= 0.6 is 0 Å². The molecule has 0 bridgehead atoms. The number of benzene rings is 2. The fraction of sp³-hybridized carbons (Fsp3) is 0.133. The Kier molecular flexibility index (Phi) is 3.55. The van der Waals surface area contributed by atoms with Gasteiger partial charge < -0.3 is 9.53 Å². The van der Waals surface area contributed by atoms with Crippen LogP contribution in [0.1, 0.15) is 12.0 Å². The number of carbonyl (C=O) groups is 1. The third-order valence-electron chi connectivity index (χ3n) is 2.67. The Bertz CT molecular complexity index is 556. The fourth-order valence-corrected chi connectivity index (χ4v) is 1.87. The van der Waals surface area contributed by atoms with Crippen LogP contribution in [0.15, 0.2) is 42.5 Å². The first kappa shape index (κ1) is 11.4. The Labute approximate surface area is 101 Å². The van der Waals surface area contributed by atoms with Crippen molar-refractivity contribution in [2.75, 3.05) is 7.11 Å². The lowest BCUT2D eigenvalue weighted by molar-refractivity contribution is -0.107. The normalized spacial score (nSPS) is 10.9. The number of rotatable bonds is 4. The maximum Gasteiger partial charge on any atom is 0.126 e. The number of hydrogen-bond donors (Lipinski definition) is 0. The Hall–Kier alpha value is -2.09. The molecular formula is C15H14O2. The minimum absolute atomic E-state index is 0.423. The maximum absolute atomic E-state index is 10.3. The van der Waals surface area contributed by atoms with Crippen molar-refractivity contribution in [3.63, 3.8) is 0 Å². The predicted molar refractivity (Wildman–Crippen MR) is 70.2 cm³/mol. The standard InChI is InChI=1S/C15H14O2/c1-17-15-10-9-12-6-2-3-7-13(12)14(15)8-4-5-11-16/h2-4,6-11H,5H2,1H3. The van der Waals surface area contributed by atoms with Crippen molar-refractivity contribution >= 4 is 23.1 Å². The van der Waals surface area contributed by atoms with E-state index in [1.165, 1.54) is 5.39 Å². The second-order valence-electron chi connectivity index (χ2n) is 3.71. The zero-order valence-electron chi connectivity index (χ0n) is 9.72. The fourth-order valence-electron chi connectivity index (χ4n) is 1.87. The van der Waals surface area contributed by atoms with E-state index >= 15 is 0 Å². The highest BCUT2D eigenvalue weighted by Gasteiger charge is 2.04. The van der Waals surface area contributed by atoms with Gasteiger partial charge in [0, 0.05) is 12.0 Å². The van der Waals surface area contributed by atoms with Crippen molar-refractivity contribution in [2.24, 2.45) is 0 Å². The molecule has 2 nitrogen and oxygen atoms in total. The molecule has 0 fully saturated rings. The highest BCUT2D eigenvalue weighted by Crippen LogP contribution is 2.29. The summed E-state index contributed by atoms with van der Waals surface area (Å²) in [4.78, 5) is 10.3. The monoisotopic (exact) mass is 226 g/mol. The molecule has 0 saturated carbocycles. The summed E-state index contributed by atoms with van der Waals surface area (Å²) >= 11 is 0. The van der Waals surface area contributed by atoms with E-state index in [-0.39, 0.29) is 0 Å². The zero-order valence-corrected chi connectivity index (χ0v) is 9.72. The molecule has 0 atom stereocenters. The lowest BCUT2D eigenvalue weighted by Crippen LogP contribution is -1.88. The van der Waals surface area contributed by atoms with Gasteiger partial charge in [0.2, 0.25) is 0 Å². The minimum Gasteiger partial charge on any atom is -0.496 e. The smallest absolute Gasteiger partial charge is 0.126 e. The van der Waals surface area contributed by atoms with E-state index in [4.69, 9.17) is 4.74 Å². The van der Waals surface area contributed by atoms with Crippen LogP contribution in [0.4, 0.5) is 0 Å². The molecule has 0 N–H and O–H groups in total. The largest absolute Gasteiger partial charge is 0.496 e. The van der Waals surface area contributed by atoms with Gasteiger partial charge in [-0.15, -0.1) is 0 Å². The first-order valence-corrected chi connectivity index (χ1v) is 5.52. The van der Waals surface area contributed by atoms with Crippen molar-refractivity contribution in [1.29, 1.82) is 0 Å². The van der Waals surface area contributed by atoms with E-state index in [0.29, 0.717) is 6.42 Å². The summed E-state index contributed by atoms with van der Waals surface area (Å²) in [6, 6.07) is 12.1. The summed E-state index contributed by atoms with van der Waals surface area (Å²) in [5.41, 5.74) is 1.02.